The molecule has 0 bridgehead atoms. The van der Waals surface area contributed by atoms with Crippen molar-refractivity contribution >= 4 is 33.4 Å². The molecule has 2 rings (SSSR count). The Morgan fingerprint density at radius 2 is 1.27 bits per heavy atom. The molecule has 2 heterocycles. The molecule has 0 amide bonds. The summed E-state index contributed by atoms with van der Waals surface area (Å²) in [6, 6.07) is 0.659. The van der Waals surface area contributed by atoms with Crippen molar-refractivity contribution in [3.05, 3.63) is 17.8 Å². The summed E-state index contributed by atoms with van der Waals surface area (Å²) in [4.78, 5) is 39.3. The van der Waals surface area contributed by atoms with E-state index in [0.29, 0.717) is 25.0 Å². The van der Waals surface area contributed by atoms with E-state index in [2.05, 4.69) is 23.1 Å². The van der Waals surface area contributed by atoms with E-state index < -0.39 is 59.3 Å². The fourth-order valence-electron chi connectivity index (χ4n) is 7.61. The minimum atomic E-state index is -5.34. The maximum Gasteiger partial charge on any atom is 1.00 e. The number of hydrogen-bond acceptors (Lipinski definition) is 13. The molecule has 0 spiro atoms. The second kappa shape index (κ2) is 41.5. The third-order valence-corrected chi connectivity index (χ3v) is 15.0. The van der Waals surface area contributed by atoms with Crippen LogP contribution < -0.4 is 74.6 Å². The molecule has 0 radical (unpaired) electrons. The monoisotopic (exact) mass is 982 g/mol. The second-order valence-electron chi connectivity index (χ2n) is 17.0. The maximum absolute atomic E-state index is 12.8. The number of unbranched alkanes of at least 4 members (excludes halogenated alkanes) is 26. The fourth-order valence-corrected chi connectivity index (χ4v) is 10.7. The van der Waals surface area contributed by atoms with E-state index in [-0.39, 0.29) is 71.0 Å². The van der Waals surface area contributed by atoms with Crippen molar-refractivity contribution in [2.75, 3.05) is 24.7 Å². The molecule has 5 atom stereocenters. The van der Waals surface area contributed by atoms with Gasteiger partial charge in [-0.25, -0.2) is 13.9 Å². The predicted molar refractivity (Wildman–Crippen MR) is 244 cm³/mol. The first-order chi connectivity index (χ1) is 29.9. The van der Waals surface area contributed by atoms with Gasteiger partial charge in [-0.1, -0.05) is 181 Å². The van der Waals surface area contributed by atoms with Gasteiger partial charge in [-0.3, -0.25) is 19.3 Å². The number of esters is 1. The number of aromatic nitrogens is 2. The summed E-state index contributed by atoms with van der Waals surface area (Å²) in [5, 5.41) is 19.6. The van der Waals surface area contributed by atoms with Gasteiger partial charge in [0.2, 0.25) is 0 Å². The Hall–Kier alpha value is 0.720. The quantitative estimate of drug-likeness (QED) is 0.0348. The fraction of sp³-hybridized carbons (Fsp3) is 0.889. The SMILES string of the molecule is CCCCCCCCCCCCCCCCCCSC[C@H](COP(=O)(O)OP(=O)([O-])OC[C@@H]1CC[C@H](n2ccc(=N)nc2[O-])O1)OC(=O)CCCCCCCCCCCCCC.[Na+].[Na+]. The molecule has 0 saturated carbocycles. The zero-order valence-corrected chi connectivity index (χ0v) is 47.0. The molecule has 0 aromatic carbocycles. The van der Waals surface area contributed by atoms with Gasteiger partial charge in [0.1, 0.15) is 17.8 Å². The minimum absolute atomic E-state index is 0. The van der Waals surface area contributed by atoms with Crippen molar-refractivity contribution in [1.29, 1.82) is 5.41 Å². The molecule has 64 heavy (non-hydrogen) atoms. The van der Waals surface area contributed by atoms with Crippen LogP contribution in [0.2, 0.25) is 0 Å². The Morgan fingerprint density at radius 1 is 0.797 bits per heavy atom. The van der Waals surface area contributed by atoms with Crippen molar-refractivity contribution in [3.63, 3.8) is 0 Å². The van der Waals surface area contributed by atoms with E-state index >= 15 is 0 Å². The number of nitrogens with zero attached hydrogens (tertiary/aromatic N) is 2. The number of nitrogens with one attached hydrogen (secondary N) is 1. The molecule has 1 aliphatic rings. The summed E-state index contributed by atoms with van der Waals surface area (Å²) in [5.74, 6) is 0.716. The molecule has 1 saturated heterocycles. The summed E-state index contributed by atoms with van der Waals surface area (Å²) >= 11 is 1.56. The van der Waals surface area contributed by atoms with Crippen molar-refractivity contribution in [3.8, 4) is 6.01 Å². The topological polar surface area (TPSA) is 205 Å². The van der Waals surface area contributed by atoms with Crippen molar-refractivity contribution in [1.82, 2.24) is 9.55 Å². The van der Waals surface area contributed by atoms with Crippen LogP contribution >= 0.6 is 27.4 Å². The molecule has 1 aliphatic heterocycles. The molecular weight excluding hydrogens is 898 g/mol. The Kier molecular flexibility index (Phi) is 42.0. The van der Waals surface area contributed by atoms with Gasteiger partial charge in [0.05, 0.1) is 25.3 Å². The number of carbonyl (C=O) groups is 1. The number of hydrogen-bond donors (Lipinski definition) is 2. The first-order valence-corrected chi connectivity index (χ1v) is 28.4. The molecule has 2 N–H and O–H groups in total. The number of ether oxygens (including phenoxy) is 2. The number of carbonyl (C=O) groups excluding carboxylic acids is 1. The van der Waals surface area contributed by atoms with Gasteiger partial charge < -0.3 is 33.5 Å². The van der Waals surface area contributed by atoms with Crippen molar-refractivity contribution < 1.29 is 111 Å². The largest absolute Gasteiger partial charge is 1.00 e. The van der Waals surface area contributed by atoms with Gasteiger partial charge in [-0.15, -0.1) is 0 Å². The molecule has 14 nitrogen and oxygen atoms in total. The summed E-state index contributed by atoms with van der Waals surface area (Å²) in [5.41, 5.74) is -0.187. The number of phosphoric ester groups is 2. The van der Waals surface area contributed by atoms with E-state index in [1.54, 1.807) is 11.8 Å². The van der Waals surface area contributed by atoms with Gasteiger partial charge in [0.25, 0.3) is 7.82 Å². The average Bonchev–Trinajstić information content (AvgIpc) is 3.70. The Bertz CT molecular complexity index is 1450. The molecule has 0 aliphatic carbocycles. The molecule has 1 fully saturated rings. The normalized spacial score (nSPS) is 17.2. The van der Waals surface area contributed by atoms with Crippen LogP contribution in [0, 0.1) is 5.41 Å². The van der Waals surface area contributed by atoms with Crippen LogP contribution in [0.25, 0.3) is 0 Å². The molecule has 362 valence electrons. The van der Waals surface area contributed by atoms with E-state index in [1.165, 1.54) is 158 Å². The van der Waals surface area contributed by atoms with Gasteiger partial charge in [0.15, 0.2) is 0 Å². The van der Waals surface area contributed by atoms with E-state index in [0.717, 1.165) is 37.9 Å². The zero-order valence-electron chi connectivity index (χ0n) is 40.4. The molecule has 1 aromatic rings. The van der Waals surface area contributed by atoms with Crippen LogP contribution in [-0.2, 0) is 36.8 Å². The van der Waals surface area contributed by atoms with E-state index in [9.17, 15) is 28.8 Å². The number of rotatable bonds is 42. The number of thioether (sulfide) groups is 1. The molecular formula is C45H83N3Na2O11P2S. The second-order valence-corrected chi connectivity index (χ2v) is 21.2. The molecule has 19 heteroatoms. The summed E-state index contributed by atoms with van der Waals surface area (Å²) in [6.45, 7) is 3.44. The predicted octanol–water partition coefficient (Wildman–Crippen LogP) is 5.74. The maximum atomic E-state index is 12.8. The molecule has 2 unspecified atom stereocenters. The third kappa shape index (κ3) is 34.9. The Morgan fingerprint density at radius 3 is 1.75 bits per heavy atom. The first-order valence-electron chi connectivity index (χ1n) is 24.3. The van der Waals surface area contributed by atoms with Gasteiger partial charge >= 0.3 is 72.9 Å². The van der Waals surface area contributed by atoms with Crippen LogP contribution in [0.4, 0.5) is 0 Å². The van der Waals surface area contributed by atoms with Crippen LogP contribution in [-0.4, -0.2) is 57.3 Å². The average molecular weight is 982 g/mol. The van der Waals surface area contributed by atoms with Gasteiger partial charge in [-0.05, 0) is 37.5 Å². The van der Waals surface area contributed by atoms with Crippen LogP contribution in [0.3, 0.4) is 0 Å². The standard InChI is InChI=1S/C45H85N3O11P2S.2Na/c1-3-5-7-9-11-13-15-17-18-19-20-22-24-26-28-30-36-62-39-41(58-44(49)31-29-27-25-23-21-16-14-12-10-8-6-4-2)38-56-61(53,54)59-60(51,52)55-37-40-32-33-43(57-40)48-35-34-42(46)47-45(48)50;;/h34-35,40-41,43H,3-33,36-39H2,1-2H3,(H,51,52)(H,53,54)(H2,46,47,50);;/q;2*+1/p-2/t40-,41-,43+;;/m0../s1. The minimum Gasteiger partial charge on any atom is -0.846 e. The van der Waals surface area contributed by atoms with Crippen LogP contribution in [0.15, 0.2) is 12.3 Å². The Labute approximate surface area is 435 Å². The Balaban J connectivity index is 0.0000198. The van der Waals surface area contributed by atoms with Crippen molar-refractivity contribution in [2.45, 2.75) is 231 Å². The zero-order chi connectivity index (χ0) is 45.2. The van der Waals surface area contributed by atoms with Crippen molar-refractivity contribution in [2.24, 2.45) is 0 Å². The van der Waals surface area contributed by atoms with Crippen LogP contribution in [0.1, 0.15) is 219 Å². The van der Waals surface area contributed by atoms with Gasteiger partial charge in [0, 0.05) is 18.4 Å². The number of phosphoric acid groups is 2. The van der Waals surface area contributed by atoms with E-state index in [1.807, 2.05) is 0 Å². The van der Waals surface area contributed by atoms with Crippen LogP contribution in [0.5, 0.6) is 6.01 Å². The van der Waals surface area contributed by atoms with E-state index in [4.69, 9.17) is 23.9 Å². The first kappa shape index (κ1) is 64.7. The summed E-state index contributed by atoms with van der Waals surface area (Å²) in [7, 11) is -10.5. The summed E-state index contributed by atoms with van der Waals surface area (Å²) < 4.78 is 52.3. The van der Waals surface area contributed by atoms with Gasteiger partial charge in [-0.2, -0.15) is 11.8 Å². The smallest absolute Gasteiger partial charge is 0.846 e. The third-order valence-electron chi connectivity index (χ3n) is 11.2. The summed E-state index contributed by atoms with van der Waals surface area (Å²) in [6.07, 6.45) is 34.6. The molecule has 1 aromatic heterocycles.